The van der Waals surface area contributed by atoms with E-state index in [0.29, 0.717) is 5.56 Å². The molecule has 6 nitrogen and oxygen atoms in total. The zero-order valence-electron chi connectivity index (χ0n) is 12.1. The predicted octanol–water partition coefficient (Wildman–Crippen LogP) is 0.576. The third-order valence-electron chi connectivity index (χ3n) is 2.93. The summed E-state index contributed by atoms with van der Waals surface area (Å²) in [6.07, 6.45) is 0.129. The number of primary amides is 1. The highest BCUT2D eigenvalue weighted by atomic mass is 32.2. The van der Waals surface area contributed by atoms with Crippen LogP contribution in [0.5, 0.6) is 0 Å². The highest BCUT2D eigenvalue weighted by molar-refractivity contribution is 7.91. The van der Waals surface area contributed by atoms with Crippen LogP contribution in [0.4, 0.5) is 0 Å². The van der Waals surface area contributed by atoms with Gasteiger partial charge in [-0.2, -0.15) is 5.26 Å². The molecule has 0 heterocycles. The zero-order valence-corrected chi connectivity index (χ0v) is 12.9. The van der Waals surface area contributed by atoms with Crippen LogP contribution in [0.3, 0.4) is 0 Å². The number of hydrogen-bond acceptors (Lipinski definition) is 5. The van der Waals surface area contributed by atoms with Gasteiger partial charge in [0, 0.05) is 18.5 Å². The fourth-order valence-electron chi connectivity index (χ4n) is 1.88. The van der Waals surface area contributed by atoms with Gasteiger partial charge in [0.2, 0.25) is 5.91 Å². The number of hydrogen-bond donors (Lipinski definition) is 2. The molecule has 21 heavy (non-hydrogen) atoms. The molecule has 0 atom stereocenters. The normalized spacial score (nSPS) is 11.9. The van der Waals surface area contributed by atoms with E-state index in [2.05, 4.69) is 5.32 Å². The first-order valence-corrected chi connectivity index (χ1v) is 8.08. The van der Waals surface area contributed by atoms with Gasteiger partial charge < -0.3 is 11.1 Å². The third kappa shape index (κ3) is 5.53. The Labute approximate surface area is 124 Å². The summed E-state index contributed by atoms with van der Waals surface area (Å²) >= 11 is 0. The molecule has 1 amide bonds. The number of nitrogens with zero attached hydrogens (tertiary/aromatic N) is 1. The minimum absolute atomic E-state index is 0.0961. The maximum Gasteiger partial charge on any atom is 0.219 e. The van der Waals surface area contributed by atoms with Crippen molar-refractivity contribution in [3.8, 4) is 6.07 Å². The maximum atomic E-state index is 12.1. The van der Waals surface area contributed by atoms with Crippen molar-refractivity contribution in [2.24, 2.45) is 5.73 Å². The molecule has 0 radical (unpaired) electrons. The Kier molecular flexibility index (Phi) is 5.47. The van der Waals surface area contributed by atoms with Crippen molar-refractivity contribution in [1.29, 1.82) is 5.26 Å². The lowest BCUT2D eigenvalue weighted by Crippen LogP contribution is -2.44. The Hall–Kier alpha value is -1.91. The average molecular weight is 309 g/mol. The van der Waals surface area contributed by atoms with Crippen LogP contribution >= 0.6 is 0 Å². The molecular weight excluding hydrogens is 290 g/mol. The number of nitrogens with two attached hydrogens (primary N) is 1. The second kappa shape index (κ2) is 6.70. The first-order valence-electron chi connectivity index (χ1n) is 6.42. The van der Waals surface area contributed by atoms with Gasteiger partial charge in [0.1, 0.15) is 0 Å². The smallest absolute Gasteiger partial charge is 0.219 e. The van der Waals surface area contributed by atoms with E-state index in [1.165, 1.54) is 24.3 Å². The van der Waals surface area contributed by atoms with Gasteiger partial charge in [-0.05, 0) is 38.1 Å². The number of amides is 1. The molecule has 0 bridgehead atoms. The van der Waals surface area contributed by atoms with E-state index >= 15 is 0 Å². The van der Waals surface area contributed by atoms with Crippen molar-refractivity contribution in [2.75, 3.05) is 12.3 Å². The number of carbonyl (C=O) groups is 1. The highest BCUT2D eigenvalue weighted by Gasteiger charge is 2.21. The number of benzene rings is 1. The molecule has 3 N–H and O–H groups in total. The van der Waals surface area contributed by atoms with E-state index in [9.17, 15) is 13.2 Å². The minimum atomic E-state index is -3.42. The lowest BCUT2D eigenvalue weighted by molar-refractivity contribution is -0.119. The molecule has 0 unspecified atom stereocenters. The molecule has 0 fully saturated rings. The van der Waals surface area contributed by atoms with Crippen LogP contribution in [0.25, 0.3) is 0 Å². The summed E-state index contributed by atoms with van der Waals surface area (Å²) in [6.45, 7) is 3.78. The van der Waals surface area contributed by atoms with Crippen molar-refractivity contribution < 1.29 is 13.2 Å². The van der Waals surface area contributed by atoms with Crippen LogP contribution in [-0.4, -0.2) is 32.2 Å². The van der Waals surface area contributed by atoms with Crippen molar-refractivity contribution in [3.63, 3.8) is 0 Å². The second-order valence-corrected chi connectivity index (χ2v) is 7.52. The van der Waals surface area contributed by atoms with E-state index in [0.717, 1.165) is 0 Å². The molecule has 0 aliphatic rings. The summed E-state index contributed by atoms with van der Waals surface area (Å²) in [7, 11) is -3.42. The maximum absolute atomic E-state index is 12.1. The van der Waals surface area contributed by atoms with Gasteiger partial charge in [-0.15, -0.1) is 0 Å². The quantitative estimate of drug-likeness (QED) is 0.764. The first kappa shape index (κ1) is 17.1. The summed E-state index contributed by atoms with van der Waals surface area (Å²) in [6, 6.07) is 7.71. The molecular formula is C14H19N3O3S. The van der Waals surface area contributed by atoms with E-state index in [-0.39, 0.29) is 23.6 Å². The Morgan fingerprint density at radius 2 is 1.90 bits per heavy atom. The van der Waals surface area contributed by atoms with Gasteiger partial charge in [-0.1, -0.05) is 0 Å². The standard InChI is InChI=1S/C14H19N3O3S/c1-14(2,9-13(16)18)17-7-8-21(19,20)12-5-3-11(10-15)4-6-12/h3-6,17H,7-9H2,1-2H3,(H2,16,18). The Morgan fingerprint density at radius 3 is 2.38 bits per heavy atom. The van der Waals surface area contributed by atoms with Crippen molar-refractivity contribution in [1.82, 2.24) is 5.32 Å². The average Bonchev–Trinajstić information content (AvgIpc) is 2.36. The molecule has 0 aliphatic heterocycles. The van der Waals surface area contributed by atoms with Crippen LogP contribution in [0.1, 0.15) is 25.8 Å². The summed E-state index contributed by atoms with van der Waals surface area (Å²) < 4.78 is 24.3. The van der Waals surface area contributed by atoms with Crippen LogP contribution in [-0.2, 0) is 14.6 Å². The van der Waals surface area contributed by atoms with Crippen LogP contribution < -0.4 is 11.1 Å². The highest BCUT2D eigenvalue weighted by Crippen LogP contribution is 2.13. The topological polar surface area (TPSA) is 113 Å². The van der Waals surface area contributed by atoms with Gasteiger partial charge >= 0.3 is 0 Å². The van der Waals surface area contributed by atoms with Gasteiger partial charge in [0.15, 0.2) is 9.84 Å². The van der Waals surface area contributed by atoms with E-state index in [1.807, 2.05) is 6.07 Å². The molecule has 114 valence electrons. The van der Waals surface area contributed by atoms with Gasteiger partial charge in [-0.25, -0.2) is 8.42 Å². The zero-order chi connectivity index (χ0) is 16.1. The van der Waals surface area contributed by atoms with Gasteiger partial charge in [-0.3, -0.25) is 4.79 Å². The molecule has 0 saturated heterocycles. The van der Waals surface area contributed by atoms with Crippen LogP contribution in [0.2, 0.25) is 0 Å². The number of rotatable bonds is 7. The van der Waals surface area contributed by atoms with Crippen LogP contribution in [0, 0.1) is 11.3 Å². The summed E-state index contributed by atoms with van der Waals surface area (Å²) in [5.41, 5.74) is 4.99. The van der Waals surface area contributed by atoms with E-state index in [4.69, 9.17) is 11.0 Å². The Balaban J connectivity index is 2.65. The molecule has 7 heteroatoms. The second-order valence-electron chi connectivity index (χ2n) is 5.41. The fraction of sp³-hybridized carbons (Fsp3) is 0.429. The largest absolute Gasteiger partial charge is 0.370 e. The van der Waals surface area contributed by atoms with Crippen molar-refractivity contribution in [2.45, 2.75) is 30.7 Å². The molecule has 0 aromatic heterocycles. The molecule has 1 aromatic carbocycles. The Morgan fingerprint density at radius 1 is 1.33 bits per heavy atom. The van der Waals surface area contributed by atoms with E-state index in [1.54, 1.807) is 13.8 Å². The van der Waals surface area contributed by atoms with Crippen LogP contribution in [0.15, 0.2) is 29.2 Å². The molecule has 0 aliphatic carbocycles. The number of carbonyl (C=O) groups excluding carboxylic acids is 1. The first-order chi connectivity index (χ1) is 9.66. The number of sulfone groups is 1. The third-order valence-corrected chi connectivity index (χ3v) is 4.67. The number of nitrogens with one attached hydrogen (secondary N) is 1. The molecule has 0 spiro atoms. The lowest BCUT2D eigenvalue weighted by atomic mass is 10.0. The Bertz CT molecular complexity index is 643. The van der Waals surface area contributed by atoms with Crippen molar-refractivity contribution >= 4 is 15.7 Å². The molecule has 1 rings (SSSR count). The SMILES string of the molecule is CC(C)(CC(N)=O)NCCS(=O)(=O)c1ccc(C#N)cc1. The van der Waals surface area contributed by atoms with E-state index < -0.39 is 21.3 Å². The summed E-state index contributed by atoms with van der Waals surface area (Å²) in [4.78, 5) is 11.1. The summed E-state index contributed by atoms with van der Waals surface area (Å²) in [5.74, 6) is -0.538. The molecule has 0 saturated carbocycles. The lowest BCUT2D eigenvalue weighted by Gasteiger charge is -2.24. The minimum Gasteiger partial charge on any atom is -0.370 e. The van der Waals surface area contributed by atoms with Gasteiger partial charge in [0.05, 0.1) is 22.3 Å². The predicted molar refractivity (Wildman–Crippen MR) is 79.1 cm³/mol. The van der Waals surface area contributed by atoms with Gasteiger partial charge in [0.25, 0.3) is 0 Å². The number of nitriles is 1. The molecule has 1 aromatic rings. The summed E-state index contributed by atoms with van der Waals surface area (Å²) in [5, 5.41) is 11.7. The fourth-order valence-corrected chi connectivity index (χ4v) is 3.03. The van der Waals surface area contributed by atoms with Crippen molar-refractivity contribution in [3.05, 3.63) is 29.8 Å². The monoisotopic (exact) mass is 309 g/mol.